The summed E-state index contributed by atoms with van der Waals surface area (Å²) in [7, 11) is 1.86. The van der Waals surface area contributed by atoms with Crippen molar-refractivity contribution in [2.45, 2.75) is 25.4 Å². The number of carbonyl (C=O) groups excluding carboxylic acids is 1. The number of nitrogens with zero attached hydrogens (tertiary/aromatic N) is 2. The van der Waals surface area contributed by atoms with Gasteiger partial charge in [0.2, 0.25) is 5.91 Å². The van der Waals surface area contributed by atoms with Crippen molar-refractivity contribution in [3.8, 4) is 0 Å². The van der Waals surface area contributed by atoms with Crippen molar-refractivity contribution >= 4 is 33.2 Å². The molecule has 1 fully saturated rings. The van der Waals surface area contributed by atoms with Crippen LogP contribution in [0, 0.1) is 0 Å². The van der Waals surface area contributed by atoms with Crippen molar-refractivity contribution in [3.63, 3.8) is 0 Å². The molecule has 1 aromatic heterocycles. The molecule has 6 heteroatoms. The Morgan fingerprint density at radius 1 is 1.47 bits per heavy atom. The van der Waals surface area contributed by atoms with E-state index >= 15 is 0 Å². The van der Waals surface area contributed by atoms with Gasteiger partial charge in [0, 0.05) is 31.6 Å². The van der Waals surface area contributed by atoms with Crippen LogP contribution in [0.15, 0.2) is 15.9 Å². The highest BCUT2D eigenvalue weighted by Crippen LogP contribution is 2.35. The van der Waals surface area contributed by atoms with Crippen molar-refractivity contribution < 1.29 is 4.79 Å². The maximum atomic E-state index is 12.4. The van der Waals surface area contributed by atoms with E-state index in [9.17, 15) is 4.79 Å². The fraction of sp³-hybridized carbons (Fsp3) is 0.615. The van der Waals surface area contributed by atoms with Gasteiger partial charge in [-0.25, -0.2) is 0 Å². The highest BCUT2D eigenvalue weighted by molar-refractivity contribution is 9.11. The van der Waals surface area contributed by atoms with E-state index in [-0.39, 0.29) is 11.9 Å². The van der Waals surface area contributed by atoms with Gasteiger partial charge in [-0.05, 0) is 41.9 Å². The number of halogens is 1. The highest BCUT2D eigenvalue weighted by Gasteiger charge is 2.43. The summed E-state index contributed by atoms with van der Waals surface area (Å²) < 4.78 is 1.10. The molecule has 1 amide bonds. The van der Waals surface area contributed by atoms with Gasteiger partial charge in [-0.2, -0.15) is 0 Å². The van der Waals surface area contributed by atoms with Crippen LogP contribution in [0.1, 0.15) is 24.8 Å². The normalized spacial score (nSPS) is 21.7. The van der Waals surface area contributed by atoms with E-state index in [1.165, 1.54) is 4.88 Å². The summed E-state index contributed by atoms with van der Waals surface area (Å²) in [5.41, 5.74) is 5.46. The summed E-state index contributed by atoms with van der Waals surface area (Å²) in [6, 6.07) is 4.22. The van der Waals surface area contributed by atoms with Gasteiger partial charge in [-0.15, -0.1) is 11.3 Å². The molecule has 0 bridgehead atoms. The molecular weight excluding hydrogens is 326 g/mol. The summed E-state index contributed by atoms with van der Waals surface area (Å²) in [4.78, 5) is 17.6. The molecule has 2 N–H and O–H groups in total. The van der Waals surface area contributed by atoms with Gasteiger partial charge in [-0.3, -0.25) is 9.69 Å². The van der Waals surface area contributed by atoms with E-state index in [0.29, 0.717) is 6.54 Å². The van der Waals surface area contributed by atoms with Crippen LogP contribution >= 0.6 is 27.3 Å². The molecule has 1 atom stereocenters. The van der Waals surface area contributed by atoms with Gasteiger partial charge >= 0.3 is 0 Å². The Morgan fingerprint density at radius 3 is 2.68 bits per heavy atom. The summed E-state index contributed by atoms with van der Waals surface area (Å²) in [5, 5.41) is 0. The number of nitrogens with two attached hydrogens (primary N) is 1. The number of hydrogen-bond donors (Lipinski definition) is 1. The number of thiophene rings is 1. The van der Waals surface area contributed by atoms with Crippen LogP contribution in [0.25, 0.3) is 0 Å². The zero-order valence-corrected chi connectivity index (χ0v) is 13.9. The Kier molecular flexibility index (Phi) is 4.35. The lowest BCUT2D eigenvalue weighted by atomic mass is 9.95. The fourth-order valence-corrected chi connectivity index (χ4v) is 4.23. The van der Waals surface area contributed by atoms with Crippen LogP contribution in [-0.2, 0) is 4.79 Å². The van der Waals surface area contributed by atoms with Crippen molar-refractivity contribution in [1.29, 1.82) is 0 Å². The molecule has 4 nitrogen and oxygen atoms in total. The van der Waals surface area contributed by atoms with E-state index < -0.39 is 5.54 Å². The molecule has 0 aromatic carbocycles. The molecule has 19 heavy (non-hydrogen) atoms. The second kappa shape index (κ2) is 5.52. The third-order valence-corrected chi connectivity index (χ3v) is 5.51. The van der Waals surface area contributed by atoms with Gasteiger partial charge in [0.05, 0.1) is 15.4 Å². The van der Waals surface area contributed by atoms with Crippen LogP contribution in [-0.4, -0.2) is 47.9 Å². The summed E-state index contributed by atoms with van der Waals surface area (Å²) in [6.45, 7) is 6.10. The van der Waals surface area contributed by atoms with Gasteiger partial charge in [-0.1, -0.05) is 0 Å². The maximum Gasteiger partial charge on any atom is 0.242 e. The molecule has 1 aliphatic heterocycles. The molecule has 2 rings (SSSR count). The van der Waals surface area contributed by atoms with E-state index in [0.717, 1.165) is 16.9 Å². The summed E-state index contributed by atoms with van der Waals surface area (Å²) in [6.07, 6.45) is 0. The minimum absolute atomic E-state index is 0.101. The predicted octanol–water partition coefficient (Wildman–Crippen LogP) is 2.06. The lowest BCUT2D eigenvalue weighted by molar-refractivity contribution is -0.149. The molecule has 0 radical (unpaired) electrons. The Balaban J connectivity index is 2.30. The average molecular weight is 346 g/mol. The van der Waals surface area contributed by atoms with Crippen molar-refractivity contribution in [2.75, 3.05) is 26.7 Å². The largest absolute Gasteiger partial charge is 0.343 e. The SMILES string of the molecule is CN1CCN(C(CN)c2ccc(Br)s2)C(C)(C)C1=O. The summed E-state index contributed by atoms with van der Waals surface area (Å²) in [5.74, 6) is 0.160. The van der Waals surface area contributed by atoms with E-state index in [2.05, 4.69) is 26.9 Å². The predicted molar refractivity (Wildman–Crippen MR) is 82.2 cm³/mol. The number of amides is 1. The van der Waals surface area contributed by atoms with Gasteiger partial charge < -0.3 is 10.6 Å². The topological polar surface area (TPSA) is 49.6 Å². The monoisotopic (exact) mass is 345 g/mol. The zero-order chi connectivity index (χ0) is 14.2. The standard InChI is InChI=1S/C13H20BrN3OS/c1-13(2)12(18)16(3)6-7-17(13)9(8-15)10-4-5-11(14)19-10/h4-5,9H,6-8,15H2,1-3H3. The van der Waals surface area contributed by atoms with E-state index in [4.69, 9.17) is 5.73 Å². The van der Waals surface area contributed by atoms with Crippen LogP contribution < -0.4 is 5.73 Å². The molecule has 106 valence electrons. The Bertz CT molecular complexity index is 474. The van der Waals surface area contributed by atoms with Crippen molar-refractivity contribution in [1.82, 2.24) is 9.80 Å². The van der Waals surface area contributed by atoms with Crippen LogP contribution in [0.4, 0.5) is 0 Å². The molecule has 0 spiro atoms. The van der Waals surface area contributed by atoms with Crippen LogP contribution in [0.5, 0.6) is 0 Å². The fourth-order valence-electron chi connectivity index (χ4n) is 2.68. The van der Waals surface area contributed by atoms with Crippen molar-refractivity contribution in [2.24, 2.45) is 5.73 Å². The Hall–Kier alpha value is -0.430. The minimum Gasteiger partial charge on any atom is -0.343 e. The number of likely N-dealkylation sites (N-methyl/N-ethyl adjacent to an activating group) is 1. The number of hydrogen-bond acceptors (Lipinski definition) is 4. The van der Waals surface area contributed by atoms with Gasteiger partial charge in [0.15, 0.2) is 0 Å². The molecule has 1 unspecified atom stereocenters. The van der Waals surface area contributed by atoms with Gasteiger partial charge in [0.1, 0.15) is 0 Å². The lowest BCUT2D eigenvalue weighted by Gasteiger charge is -2.48. The smallest absolute Gasteiger partial charge is 0.242 e. The molecule has 1 aliphatic rings. The third kappa shape index (κ3) is 2.72. The third-order valence-electron chi connectivity index (χ3n) is 3.79. The quantitative estimate of drug-likeness (QED) is 0.912. The second-order valence-electron chi connectivity index (χ2n) is 5.37. The average Bonchev–Trinajstić information content (AvgIpc) is 2.77. The first-order valence-corrected chi connectivity index (χ1v) is 7.96. The van der Waals surface area contributed by atoms with Gasteiger partial charge in [0.25, 0.3) is 0 Å². The molecule has 2 heterocycles. The highest BCUT2D eigenvalue weighted by atomic mass is 79.9. The van der Waals surface area contributed by atoms with E-state index in [1.54, 1.807) is 16.2 Å². The zero-order valence-electron chi connectivity index (χ0n) is 11.5. The second-order valence-corrected chi connectivity index (χ2v) is 7.87. The van der Waals surface area contributed by atoms with Crippen LogP contribution in [0.3, 0.4) is 0 Å². The first-order chi connectivity index (χ1) is 8.87. The van der Waals surface area contributed by atoms with Crippen molar-refractivity contribution in [3.05, 3.63) is 20.8 Å². The summed E-state index contributed by atoms with van der Waals surface area (Å²) >= 11 is 5.17. The molecule has 1 aromatic rings. The lowest BCUT2D eigenvalue weighted by Crippen LogP contribution is -2.63. The maximum absolute atomic E-state index is 12.4. The Morgan fingerprint density at radius 2 is 2.16 bits per heavy atom. The van der Waals surface area contributed by atoms with E-state index in [1.807, 2.05) is 27.0 Å². The molecule has 0 saturated carbocycles. The number of rotatable bonds is 3. The Labute approximate surface area is 126 Å². The molecular formula is C13H20BrN3OS. The first kappa shape index (κ1) is 15.0. The number of carbonyl (C=O) groups is 1. The molecule has 0 aliphatic carbocycles. The van der Waals surface area contributed by atoms with Crippen LogP contribution in [0.2, 0.25) is 0 Å². The number of piperazine rings is 1. The molecule has 1 saturated heterocycles. The minimum atomic E-state index is -0.506. The first-order valence-electron chi connectivity index (χ1n) is 6.35.